The molecule has 1 aliphatic heterocycles. The first kappa shape index (κ1) is 25.5. The standard InChI is InChI=1S/C26H29Cl2N3O4/c1-2-12-26(25(33)31-29-16-17-4-5-17)23(21-11-8-19(27)15-22(21)28)35-24(30-26)18-6-9-20(10-7-18)34-14-3-13-32/h2,6-11,15,17,23,29,32H,1,3-5,12-14,16H2,(H,31,33)/t23-,26-/m0/s1. The fourth-order valence-corrected chi connectivity index (χ4v) is 4.44. The molecule has 9 heteroatoms. The first-order valence-electron chi connectivity index (χ1n) is 11.7. The van der Waals surface area contributed by atoms with Crippen LogP contribution in [0.5, 0.6) is 5.75 Å². The summed E-state index contributed by atoms with van der Waals surface area (Å²) in [7, 11) is 0. The quantitative estimate of drug-likeness (QED) is 0.217. The van der Waals surface area contributed by atoms with Crippen molar-refractivity contribution in [2.45, 2.75) is 37.3 Å². The van der Waals surface area contributed by atoms with Crippen molar-refractivity contribution in [3.63, 3.8) is 0 Å². The van der Waals surface area contributed by atoms with Crippen molar-refractivity contribution in [1.82, 2.24) is 10.9 Å². The summed E-state index contributed by atoms with van der Waals surface area (Å²) >= 11 is 12.7. The normalized spacial score (nSPS) is 21.2. The smallest absolute Gasteiger partial charge is 0.266 e. The maximum atomic E-state index is 13.6. The molecule has 4 rings (SSSR count). The van der Waals surface area contributed by atoms with E-state index in [2.05, 4.69) is 17.4 Å². The molecule has 1 aliphatic carbocycles. The van der Waals surface area contributed by atoms with E-state index >= 15 is 0 Å². The lowest BCUT2D eigenvalue weighted by Crippen LogP contribution is -2.52. The van der Waals surface area contributed by atoms with Gasteiger partial charge < -0.3 is 14.6 Å². The molecule has 0 bridgehead atoms. The molecular formula is C26H29Cl2N3O4. The minimum absolute atomic E-state index is 0.0698. The van der Waals surface area contributed by atoms with Crippen molar-refractivity contribution in [3.8, 4) is 5.75 Å². The lowest BCUT2D eigenvalue weighted by Gasteiger charge is -2.30. The molecule has 1 heterocycles. The highest BCUT2D eigenvalue weighted by atomic mass is 35.5. The van der Waals surface area contributed by atoms with Gasteiger partial charge in [-0.05, 0) is 55.2 Å². The average Bonchev–Trinajstić information content (AvgIpc) is 3.59. The number of halogens is 2. The molecule has 2 atom stereocenters. The van der Waals surface area contributed by atoms with Crippen LogP contribution in [0.4, 0.5) is 0 Å². The second-order valence-corrected chi connectivity index (χ2v) is 9.57. The van der Waals surface area contributed by atoms with Crippen LogP contribution < -0.4 is 15.6 Å². The summed E-state index contributed by atoms with van der Waals surface area (Å²) in [6.45, 7) is 5.06. The second kappa shape index (κ2) is 11.4. The zero-order valence-electron chi connectivity index (χ0n) is 19.3. The van der Waals surface area contributed by atoms with Crippen LogP contribution >= 0.6 is 23.2 Å². The average molecular weight is 518 g/mol. The molecule has 0 radical (unpaired) electrons. The fraction of sp³-hybridized carbons (Fsp3) is 0.385. The SMILES string of the molecule is C=CC[C@]1(C(=O)NNCC2CC2)N=C(c2ccc(OCCCO)cc2)O[C@H]1c1ccc(Cl)cc1Cl. The van der Waals surface area contributed by atoms with E-state index in [4.69, 9.17) is 42.8 Å². The molecule has 1 amide bonds. The number of aliphatic hydroxyl groups excluding tert-OH is 1. The first-order chi connectivity index (χ1) is 17.0. The van der Waals surface area contributed by atoms with Gasteiger partial charge in [-0.2, -0.15) is 0 Å². The number of benzene rings is 2. The summed E-state index contributed by atoms with van der Waals surface area (Å²) in [6, 6.07) is 12.3. The Morgan fingerprint density at radius 3 is 2.69 bits per heavy atom. The van der Waals surface area contributed by atoms with E-state index in [1.807, 2.05) is 12.1 Å². The second-order valence-electron chi connectivity index (χ2n) is 8.73. The van der Waals surface area contributed by atoms with Crippen LogP contribution in [0.3, 0.4) is 0 Å². The van der Waals surface area contributed by atoms with E-state index < -0.39 is 11.6 Å². The van der Waals surface area contributed by atoms with E-state index in [0.29, 0.717) is 58.3 Å². The van der Waals surface area contributed by atoms with Gasteiger partial charge in [-0.1, -0.05) is 35.3 Å². The molecule has 0 unspecified atom stereocenters. The first-order valence-corrected chi connectivity index (χ1v) is 12.4. The van der Waals surface area contributed by atoms with E-state index in [-0.39, 0.29) is 18.9 Å². The van der Waals surface area contributed by atoms with E-state index in [9.17, 15) is 4.79 Å². The number of rotatable bonds is 12. The largest absolute Gasteiger partial charge is 0.494 e. The number of ether oxygens (including phenoxy) is 2. The number of hydrazine groups is 1. The number of carbonyl (C=O) groups excluding carboxylic acids is 1. The number of hydrogen-bond donors (Lipinski definition) is 3. The van der Waals surface area contributed by atoms with Crippen LogP contribution in [-0.4, -0.2) is 42.2 Å². The molecule has 0 aromatic heterocycles. The molecule has 0 saturated heterocycles. The molecule has 1 fully saturated rings. The van der Waals surface area contributed by atoms with Gasteiger partial charge in [-0.3, -0.25) is 10.2 Å². The van der Waals surface area contributed by atoms with Crippen molar-refractivity contribution in [1.29, 1.82) is 0 Å². The van der Waals surface area contributed by atoms with Gasteiger partial charge in [0, 0.05) is 47.2 Å². The molecule has 2 aromatic rings. The summed E-state index contributed by atoms with van der Waals surface area (Å²) in [6.07, 6.45) is 3.98. The number of hydrogen-bond acceptors (Lipinski definition) is 6. The number of aliphatic imine (C=N–C) groups is 1. The number of nitrogens with one attached hydrogen (secondary N) is 2. The Bertz CT molecular complexity index is 1090. The Hall–Kier alpha value is -2.58. The van der Waals surface area contributed by atoms with Crippen molar-refractivity contribution < 1.29 is 19.4 Å². The van der Waals surface area contributed by atoms with Crippen LogP contribution in [0.2, 0.25) is 10.0 Å². The van der Waals surface area contributed by atoms with E-state index in [1.165, 1.54) is 0 Å². The lowest BCUT2D eigenvalue weighted by molar-refractivity contribution is -0.129. The Morgan fingerprint density at radius 2 is 2.03 bits per heavy atom. The summed E-state index contributed by atoms with van der Waals surface area (Å²) in [4.78, 5) is 18.4. The zero-order chi connectivity index (χ0) is 24.8. The van der Waals surface area contributed by atoms with Gasteiger partial charge in [0.1, 0.15) is 5.75 Å². The van der Waals surface area contributed by atoms with Crippen LogP contribution in [0, 0.1) is 5.92 Å². The molecule has 2 aliphatic rings. The Kier molecular flexibility index (Phi) is 8.34. The lowest BCUT2D eigenvalue weighted by atomic mass is 9.84. The predicted octanol–water partition coefficient (Wildman–Crippen LogP) is 4.62. The zero-order valence-corrected chi connectivity index (χ0v) is 20.8. The number of amides is 1. The monoisotopic (exact) mass is 517 g/mol. The van der Waals surface area contributed by atoms with Crippen LogP contribution in [-0.2, 0) is 9.53 Å². The highest BCUT2D eigenvalue weighted by Gasteiger charge is 2.53. The summed E-state index contributed by atoms with van der Waals surface area (Å²) in [5, 5.41) is 9.81. The van der Waals surface area contributed by atoms with Gasteiger partial charge in [0.05, 0.1) is 6.61 Å². The number of nitrogens with zero attached hydrogens (tertiary/aromatic N) is 1. The third kappa shape index (κ3) is 5.98. The van der Waals surface area contributed by atoms with Gasteiger partial charge in [0.2, 0.25) is 5.90 Å². The van der Waals surface area contributed by atoms with Crippen LogP contribution in [0.1, 0.15) is 42.9 Å². The topological polar surface area (TPSA) is 92.2 Å². The van der Waals surface area contributed by atoms with Crippen molar-refractivity contribution in [2.75, 3.05) is 19.8 Å². The maximum absolute atomic E-state index is 13.6. The van der Waals surface area contributed by atoms with Gasteiger partial charge in [0.25, 0.3) is 5.91 Å². The summed E-state index contributed by atoms with van der Waals surface area (Å²) in [5.74, 6) is 1.25. The fourth-order valence-electron chi connectivity index (χ4n) is 3.93. The third-order valence-electron chi connectivity index (χ3n) is 6.02. The van der Waals surface area contributed by atoms with E-state index in [0.717, 1.165) is 12.8 Å². The molecule has 186 valence electrons. The highest BCUT2D eigenvalue weighted by Crippen LogP contribution is 2.45. The van der Waals surface area contributed by atoms with Crippen LogP contribution in [0.15, 0.2) is 60.1 Å². The molecule has 1 saturated carbocycles. The molecular weight excluding hydrogens is 489 g/mol. The van der Waals surface area contributed by atoms with Gasteiger partial charge in [0.15, 0.2) is 11.6 Å². The molecule has 7 nitrogen and oxygen atoms in total. The van der Waals surface area contributed by atoms with Gasteiger partial charge >= 0.3 is 0 Å². The number of aliphatic hydroxyl groups is 1. The minimum atomic E-state index is -1.32. The summed E-state index contributed by atoms with van der Waals surface area (Å²) in [5.41, 5.74) is 5.86. The minimum Gasteiger partial charge on any atom is -0.494 e. The Balaban J connectivity index is 1.65. The maximum Gasteiger partial charge on any atom is 0.266 e. The Labute approximate surface area is 215 Å². The highest BCUT2D eigenvalue weighted by molar-refractivity contribution is 6.35. The molecule has 2 aromatic carbocycles. The number of carbonyl (C=O) groups is 1. The van der Waals surface area contributed by atoms with Crippen molar-refractivity contribution in [3.05, 3.63) is 76.3 Å². The molecule has 35 heavy (non-hydrogen) atoms. The van der Waals surface area contributed by atoms with E-state index in [1.54, 1.807) is 36.4 Å². The van der Waals surface area contributed by atoms with Crippen LogP contribution in [0.25, 0.3) is 0 Å². The third-order valence-corrected chi connectivity index (χ3v) is 6.58. The van der Waals surface area contributed by atoms with Gasteiger partial charge in [-0.15, -0.1) is 6.58 Å². The Morgan fingerprint density at radius 1 is 1.26 bits per heavy atom. The van der Waals surface area contributed by atoms with Crippen molar-refractivity contribution in [2.24, 2.45) is 10.9 Å². The molecule has 3 N–H and O–H groups in total. The molecule has 0 spiro atoms. The summed E-state index contributed by atoms with van der Waals surface area (Å²) < 4.78 is 11.9. The van der Waals surface area contributed by atoms with Crippen molar-refractivity contribution >= 4 is 35.0 Å². The van der Waals surface area contributed by atoms with Gasteiger partial charge in [-0.25, -0.2) is 10.4 Å². The predicted molar refractivity (Wildman–Crippen MR) is 137 cm³/mol.